The Morgan fingerprint density at radius 1 is 1.20 bits per heavy atom. The van der Waals surface area contributed by atoms with Gasteiger partial charge in [0.05, 0.1) is 13.2 Å². The highest BCUT2D eigenvalue weighted by Gasteiger charge is 2.27. The van der Waals surface area contributed by atoms with Crippen molar-refractivity contribution >= 4 is 0 Å². The van der Waals surface area contributed by atoms with Gasteiger partial charge in [0.2, 0.25) is 0 Å². The summed E-state index contributed by atoms with van der Waals surface area (Å²) in [6.07, 6.45) is 1.18. The van der Waals surface area contributed by atoms with Crippen LogP contribution in [0.1, 0.15) is 6.42 Å². The molecule has 0 saturated carbocycles. The van der Waals surface area contributed by atoms with E-state index in [1.54, 1.807) is 14.2 Å². The number of rotatable bonds is 4. The van der Waals surface area contributed by atoms with E-state index in [4.69, 9.17) is 9.47 Å². The average molecular weight is 145 g/mol. The van der Waals surface area contributed by atoms with Crippen molar-refractivity contribution in [2.75, 3.05) is 27.4 Å². The van der Waals surface area contributed by atoms with Gasteiger partial charge in [-0.25, -0.2) is 0 Å². The maximum atomic E-state index is 4.97. The van der Waals surface area contributed by atoms with Crippen LogP contribution in [0.3, 0.4) is 0 Å². The van der Waals surface area contributed by atoms with E-state index in [-0.39, 0.29) is 0 Å². The molecule has 0 aromatic carbocycles. The Balaban J connectivity index is 1.95. The van der Waals surface area contributed by atoms with Crippen LogP contribution in [0.4, 0.5) is 0 Å². The molecule has 1 aliphatic rings. The zero-order valence-electron chi connectivity index (χ0n) is 6.59. The molecule has 1 rings (SSSR count). The van der Waals surface area contributed by atoms with Crippen molar-refractivity contribution in [3.63, 3.8) is 0 Å². The molecule has 3 nitrogen and oxygen atoms in total. The van der Waals surface area contributed by atoms with Crippen LogP contribution in [0.15, 0.2) is 0 Å². The summed E-state index contributed by atoms with van der Waals surface area (Å²) in [4.78, 5) is 0. The van der Waals surface area contributed by atoms with Gasteiger partial charge < -0.3 is 14.8 Å². The van der Waals surface area contributed by atoms with Crippen molar-refractivity contribution in [2.45, 2.75) is 18.5 Å². The normalized spacial score (nSPS) is 31.8. The lowest BCUT2D eigenvalue weighted by Crippen LogP contribution is -2.56. The molecule has 10 heavy (non-hydrogen) atoms. The molecule has 2 atom stereocenters. The summed E-state index contributed by atoms with van der Waals surface area (Å²) < 4.78 is 9.94. The number of hydrogen-bond acceptors (Lipinski definition) is 3. The number of nitrogens with one attached hydrogen (secondary N) is 1. The molecule has 0 spiro atoms. The van der Waals surface area contributed by atoms with E-state index < -0.39 is 0 Å². The molecule has 1 aliphatic heterocycles. The fourth-order valence-electron chi connectivity index (χ4n) is 1.29. The van der Waals surface area contributed by atoms with Gasteiger partial charge in [0.25, 0.3) is 0 Å². The number of ether oxygens (including phenoxy) is 2. The van der Waals surface area contributed by atoms with Crippen LogP contribution < -0.4 is 5.32 Å². The Kier molecular flexibility index (Phi) is 3.12. The summed E-state index contributed by atoms with van der Waals surface area (Å²) in [6.45, 7) is 1.64. The lowest BCUT2D eigenvalue weighted by Gasteiger charge is -2.36. The lowest BCUT2D eigenvalue weighted by molar-refractivity contribution is 0.0709. The molecule has 0 aliphatic carbocycles. The highest BCUT2D eigenvalue weighted by Crippen LogP contribution is 2.11. The maximum Gasteiger partial charge on any atom is 0.0616 e. The summed E-state index contributed by atoms with van der Waals surface area (Å²) in [5.74, 6) is 0. The van der Waals surface area contributed by atoms with Gasteiger partial charge in [-0.15, -0.1) is 0 Å². The van der Waals surface area contributed by atoms with Crippen LogP contribution in [0.25, 0.3) is 0 Å². The van der Waals surface area contributed by atoms with Gasteiger partial charge in [-0.05, 0) is 6.42 Å². The average Bonchev–Trinajstić information content (AvgIpc) is 1.84. The molecule has 0 aromatic rings. The molecular weight excluding hydrogens is 130 g/mol. The third kappa shape index (κ3) is 1.94. The molecule has 2 unspecified atom stereocenters. The molecule has 0 radical (unpaired) electrons. The van der Waals surface area contributed by atoms with Gasteiger partial charge in [-0.2, -0.15) is 0 Å². The second-order valence-electron chi connectivity index (χ2n) is 2.71. The number of methoxy groups -OCH3 is 2. The van der Waals surface area contributed by atoms with Crippen LogP contribution in [-0.2, 0) is 9.47 Å². The Hall–Kier alpha value is -0.120. The molecule has 1 heterocycles. The topological polar surface area (TPSA) is 30.5 Å². The summed E-state index contributed by atoms with van der Waals surface area (Å²) in [5.41, 5.74) is 0. The van der Waals surface area contributed by atoms with Gasteiger partial charge >= 0.3 is 0 Å². The van der Waals surface area contributed by atoms with E-state index >= 15 is 0 Å². The third-order valence-electron chi connectivity index (χ3n) is 1.78. The van der Waals surface area contributed by atoms with Gasteiger partial charge in [-0.1, -0.05) is 0 Å². The predicted molar refractivity (Wildman–Crippen MR) is 39.1 cm³/mol. The quantitative estimate of drug-likeness (QED) is 0.604. The maximum absolute atomic E-state index is 4.97. The Bertz CT molecular complexity index is 81.6. The molecule has 1 fully saturated rings. The van der Waals surface area contributed by atoms with E-state index in [0.29, 0.717) is 12.1 Å². The summed E-state index contributed by atoms with van der Waals surface area (Å²) >= 11 is 0. The Labute approximate surface area is 61.7 Å². The first kappa shape index (κ1) is 7.98. The van der Waals surface area contributed by atoms with Crippen molar-refractivity contribution in [1.82, 2.24) is 5.32 Å². The SMILES string of the molecule is COCC1CC(COC)N1. The third-order valence-corrected chi connectivity index (χ3v) is 1.78. The van der Waals surface area contributed by atoms with E-state index in [1.807, 2.05) is 0 Å². The van der Waals surface area contributed by atoms with E-state index in [2.05, 4.69) is 5.32 Å². The van der Waals surface area contributed by atoms with Gasteiger partial charge in [0.1, 0.15) is 0 Å². The first-order valence-electron chi connectivity index (χ1n) is 3.60. The van der Waals surface area contributed by atoms with E-state index in [1.165, 1.54) is 6.42 Å². The lowest BCUT2D eigenvalue weighted by atomic mass is 9.99. The Morgan fingerprint density at radius 3 is 1.90 bits per heavy atom. The first-order chi connectivity index (χ1) is 4.86. The van der Waals surface area contributed by atoms with Crippen molar-refractivity contribution in [3.8, 4) is 0 Å². The van der Waals surface area contributed by atoms with Gasteiger partial charge in [0, 0.05) is 26.3 Å². The fraction of sp³-hybridized carbons (Fsp3) is 1.00. The zero-order chi connectivity index (χ0) is 7.40. The van der Waals surface area contributed by atoms with Gasteiger partial charge in [-0.3, -0.25) is 0 Å². The molecule has 60 valence electrons. The second-order valence-corrected chi connectivity index (χ2v) is 2.71. The van der Waals surface area contributed by atoms with Gasteiger partial charge in [0.15, 0.2) is 0 Å². The predicted octanol–water partition coefficient (Wildman–Crippen LogP) is 0.00970. The van der Waals surface area contributed by atoms with Crippen LogP contribution in [0.2, 0.25) is 0 Å². The molecule has 1 N–H and O–H groups in total. The van der Waals surface area contributed by atoms with Crippen molar-refractivity contribution < 1.29 is 9.47 Å². The minimum absolute atomic E-state index is 0.560. The largest absolute Gasteiger partial charge is 0.383 e. The monoisotopic (exact) mass is 145 g/mol. The molecule has 0 aromatic heterocycles. The van der Waals surface area contributed by atoms with Crippen molar-refractivity contribution in [2.24, 2.45) is 0 Å². The van der Waals surface area contributed by atoms with E-state index in [0.717, 1.165) is 13.2 Å². The molecule has 0 bridgehead atoms. The molecule has 0 amide bonds. The van der Waals surface area contributed by atoms with Crippen molar-refractivity contribution in [3.05, 3.63) is 0 Å². The molecule has 1 saturated heterocycles. The highest BCUT2D eigenvalue weighted by molar-refractivity contribution is 4.87. The van der Waals surface area contributed by atoms with Crippen LogP contribution in [-0.4, -0.2) is 39.5 Å². The molecular formula is C7H15NO2. The van der Waals surface area contributed by atoms with Crippen LogP contribution in [0.5, 0.6) is 0 Å². The highest BCUT2D eigenvalue weighted by atomic mass is 16.5. The minimum Gasteiger partial charge on any atom is -0.383 e. The Morgan fingerprint density at radius 2 is 1.60 bits per heavy atom. The summed E-state index contributed by atoms with van der Waals surface area (Å²) in [5, 5.41) is 3.33. The van der Waals surface area contributed by atoms with E-state index in [9.17, 15) is 0 Å². The number of hydrogen-bond donors (Lipinski definition) is 1. The van der Waals surface area contributed by atoms with Crippen LogP contribution in [0, 0.1) is 0 Å². The van der Waals surface area contributed by atoms with Crippen LogP contribution >= 0.6 is 0 Å². The summed E-state index contributed by atoms with van der Waals surface area (Å²) in [6, 6.07) is 1.12. The molecule has 3 heteroatoms. The summed E-state index contributed by atoms with van der Waals surface area (Å²) in [7, 11) is 3.46. The second kappa shape index (κ2) is 3.91. The smallest absolute Gasteiger partial charge is 0.0616 e. The standard InChI is InChI=1S/C7H15NO2/c1-9-4-6-3-7(8-6)5-10-2/h6-8H,3-5H2,1-2H3. The fourth-order valence-corrected chi connectivity index (χ4v) is 1.29. The van der Waals surface area contributed by atoms with Crippen molar-refractivity contribution in [1.29, 1.82) is 0 Å². The zero-order valence-corrected chi connectivity index (χ0v) is 6.59. The minimum atomic E-state index is 0.560. The first-order valence-corrected chi connectivity index (χ1v) is 3.60.